The molecule has 0 unspecified atom stereocenters. The van der Waals surface area contributed by atoms with Crippen LogP contribution in [0.3, 0.4) is 0 Å². The third kappa shape index (κ3) is 6.75. The summed E-state index contributed by atoms with van der Waals surface area (Å²) in [6, 6.07) is 18.5. The van der Waals surface area contributed by atoms with Gasteiger partial charge in [0.25, 0.3) is 0 Å². The SMILES string of the molecule is Cc1nc(-c2ccc(OC(F)(F)F)cc2)c(-c2cc(-c3cccc(S(C)(=O)=O)c3)ccc2N/C=C\C(=N)C#N)o1. The number of allylic oxidation sites excluding steroid dienone is 1. The fourth-order valence-electron chi connectivity index (χ4n) is 3.82. The molecule has 4 aromatic rings. The summed E-state index contributed by atoms with van der Waals surface area (Å²) >= 11 is 0. The second-order valence-electron chi connectivity index (χ2n) is 8.55. The molecule has 0 saturated heterocycles. The molecular weight excluding hydrogens is 545 g/mol. The van der Waals surface area contributed by atoms with E-state index in [9.17, 15) is 21.6 Å². The largest absolute Gasteiger partial charge is 0.573 e. The van der Waals surface area contributed by atoms with Gasteiger partial charge in [-0.25, -0.2) is 13.4 Å². The van der Waals surface area contributed by atoms with Gasteiger partial charge >= 0.3 is 6.36 Å². The topological polar surface area (TPSA) is 129 Å². The van der Waals surface area contributed by atoms with Crippen molar-refractivity contribution in [2.45, 2.75) is 18.2 Å². The fraction of sp³-hybridized carbons (Fsp3) is 0.107. The Hall–Kier alpha value is -4.89. The third-order valence-electron chi connectivity index (χ3n) is 5.56. The van der Waals surface area contributed by atoms with E-state index in [4.69, 9.17) is 15.1 Å². The molecule has 0 aliphatic carbocycles. The molecule has 204 valence electrons. The number of nitrogens with one attached hydrogen (secondary N) is 2. The second kappa shape index (κ2) is 11.1. The van der Waals surface area contributed by atoms with E-state index in [-0.39, 0.29) is 22.3 Å². The number of nitriles is 1. The van der Waals surface area contributed by atoms with Gasteiger partial charge < -0.3 is 14.5 Å². The fourth-order valence-corrected chi connectivity index (χ4v) is 4.48. The highest BCUT2D eigenvalue weighted by Gasteiger charge is 2.31. The molecule has 0 bridgehead atoms. The van der Waals surface area contributed by atoms with Crippen molar-refractivity contribution in [2.75, 3.05) is 11.6 Å². The molecule has 0 atom stereocenters. The lowest BCUT2D eigenvalue weighted by atomic mass is 9.98. The molecule has 40 heavy (non-hydrogen) atoms. The predicted molar refractivity (Wildman–Crippen MR) is 143 cm³/mol. The smallest absolute Gasteiger partial charge is 0.440 e. The highest BCUT2D eigenvalue weighted by atomic mass is 32.2. The van der Waals surface area contributed by atoms with Crippen molar-refractivity contribution in [3.63, 3.8) is 0 Å². The van der Waals surface area contributed by atoms with Crippen molar-refractivity contribution in [1.29, 1.82) is 10.7 Å². The Morgan fingerprint density at radius 3 is 2.40 bits per heavy atom. The quantitative estimate of drug-likeness (QED) is 0.226. The van der Waals surface area contributed by atoms with Gasteiger partial charge in [0, 0.05) is 36.2 Å². The number of benzene rings is 3. The van der Waals surface area contributed by atoms with Crippen molar-refractivity contribution in [2.24, 2.45) is 0 Å². The molecule has 2 N–H and O–H groups in total. The summed E-state index contributed by atoms with van der Waals surface area (Å²) in [7, 11) is -3.46. The van der Waals surface area contributed by atoms with Crippen LogP contribution >= 0.6 is 0 Å². The number of oxazole rings is 1. The summed E-state index contributed by atoms with van der Waals surface area (Å²) in [6.07, 6.45) is -1.05. The zero-order chi connectivity index (χ0) is 29.1. The van der Waals surface area contributed by atoms with Gasteiger partial charge in [0.15, 0.2) is 21.5 Å². The van der Waals surface area contributed by atoms with Crippen molar-refractivity contribution in [3.05, 3.63) is 84.9 Å². The van der Waals surface area contributed by atoms with Crippen LogP contribution < -0.4 is 10.1 Å². The number of aryl methyl sites for hydroxylation is 1. The van der Waals surface area contributed by atoms with Gasteiger partial charge in [-0.2, -0.15) is 5.26 Å². The van der Waals surface area contributed by atoms with Crippen LogP contribution in [-0.2, 0) is 9.84 Å². The van der Waals surface area contributed by atoms with Gasteiger partial charge in [-0.3, -0.25) is 5.41 Å². The molecular formula is C28H21F3N4O4S. The van der Waals surface area contributed by atoms with E-state index in [1.807, 2.05) is 0 Å². The van der Waals surface area contributed by atoms with Crippen LogP contribution in [0.5, 0.6) is 5.75 Å². The third-order valence-corrected chi connectivity index (χ3v) is 6.67. The van der Waals surface area contributed by atoms with Crippen LogP contribution in [0.4, 0.5) is 18.9 Å². The summed E-state index contributed by atoms with van der Waals surface area (Å²) < 4.78 is 72.0. The van der Waals surface area contributed by atoms with Gasteiger partial charge in [-0.1, -0.05) is 18.2 Å². The highest BCUT2D eigenvalue weighted by Crippen LogP contribution is 2.40. The minimum atomic E-state index is -4.83. The number of aromatic nitrogens is 1. The molecule has 0 amide bonds. The zero-order valence-corrected chi connectivity index (χ0v) is 21.9. The maximum atomic E-state index is 12.6. The average Bonchev–Trinajstić information content (AvgIpc) is 3.29. The molecule has 8 nitrogen and oxygen atoms in total. The minimum Gasteiger partial charge on any atom is -0.440 e. The number of alkyl halides is 3. The number of ether oxygens (including phenoxy) is 1. The molecule has 3 aromatic carbocycles. The Morgan fingerprint density at radius 2 is 1.75 bits per heavy atom. The summed E-state index contributed by atoms with van der Waals surface area (Å²) in [5, 5.41) is 19.4. The Balaban J connectivity index is 1.84. The van der Waals surface area contributed by atoms with Crippen molar-refractivity contribution in [1.82, 2.24) is 4.98 Å². The molecule has 0 radical (unpaired) electrons. The zero-order valence-electron chi connectivity index (χ0n) is 21.1. The van der Waals surface area contributed by atoms with Crippen LogP contribution in [-0.4, -0.2) is 31.7 Å². The number of nitrogens with zero attached hydrogens (tertiary/aromatic N) is 2. The van der Waals surface area contributed by atoms with E-state index >= 15 is 0 Å². The minimum absolute atomic E-state index is 0.143. The van der Waals surface area contributed by atoms with E-state index < -0.39 is 21.9 Å². The first-order chi connectivity index (χ1) is 18.8. The number of anilines is 1. The number of hydrogen-bond donors (Lipinski definition) is 2. The molecule has 0 saturated carbocycles. The van der Waals surface area contributed by atoms with E-state index in [2.05, 4.69) is 15.0 Å². The van der Waals surface area contributed by atoms with Crippen LogP contribution in [0.25, 0.3) is 33.7 Å². The standard InChI is InChI=1S/C28H21F3N4O4S/c1-17-35-26(18-6-9-22(10-7-18)39-28(29,30)31)27(38-17)24-15-20(8-11-25(24)34-13-12-21(33)16-32)19-4-3-5-23(14-19)40(2,36)37/h3-15,33-34H,1-2H3/b13-12-,33-21?. The maximum Gasteiger partial charge on any atom is 0.573 e. The Bertz CT molecular complexity index is 1750. The second-order valence-corrected chi connectivity index (χ2v) is 10.6. The maximum absolute atomic E-state index is 12.6. The lowest BCUT2D eigenvalue weighted by Gasteiger charge is -2.13. The molecule has 1 heterocycles. The molecule has 12 heteroatoms. The monoisotopic (exact) mass is 566 g/mol. The number of halogens is 3. The average molecular weight is 567 g/mol. The van der Waals surface area contributed by atoms with Crippen molar-refractivity contribution in [3.8, 4) is 45.5 Å². The lowest BCUT2D eigenvalue weighted by Crippen LogP contribution is -2.16. The Labute approximate surface area is 227 Å². The van der Waals surface area contributed by atoms with Gasteiger partial charge in [0.1, 0.15) is 23.2 Å². The normalized spacial score (nSPS) is 11.8. The first kappa shape index (κ1) is 28.1. The van der Waals surface area contributed by atoms with Crippen molar-refractivity contribution >= 4 is 21.2 Å². The molecule has 0 fully saturated rings. The Morgan fingerprint density at radius 1 is 1.07 bits per heavy atom. The van der Waals surface area contributed by atoms with Gasteiger partial charge in [-0.15, -0.1) is 13.2 Å². The van der Waals surface area contributed by atoms with Crippen molar-refractivity contribution < 1.29 is 30.7 Å². The predicted octanol–water partition coefficient (Wildman–Crippen LogP) is 6.76. The first-order valence-corrected chi connectivity index (χ1v) is 13.4. The number of rotatable bonds is 8. The number of hydrogen-bond acceptors (Lipinski definition) is 8. The molecule has 0 spiro atoms. The van der Waals surface area contributed by atoms with E-state index in [1.165, 1.54) is 42.6 Å². The number of sulfone groups is 1. The van der Waals surface area contributed by atoms with E-state index in [1.54, 1.807) is 49.4 Å². The molecule has 1 aromatic heterocycles. The van der Waals surface area contributed by atoms with Crippen LogP contribution in [0.1, 0.15) is 5.89 Å². The summed E-state index contributed by atoms with van der Waals surface area (Å²) in [4.78, 5) is 4.58. The van der Waals surface area contributed by atoms with Crippen LogP contribution in [0, 0.1) is 23.7 Å². The molecule has 0 aliphatic heterocycles. The first-order valence-electron chi connectivity index (χ1n) is 11.5. The highest BCUT2D eigenvalue weighted by molar-refractivity contribution is 7.90. The van der Waals surface area contributed by atoms with Gasteiger partial charge in [0.2, 0.25) is 0 Å². The van der Waals surface area contributed by atoms with Crippen LogP contribution in [0.15, 0.2) is 88.3 Å². The van der Waals surface area contributed by atoms with E-state index in [0.717, 1.165) is 6.26 Å². The summed E-state index contributed by atoms with van der Waals surface area (Å²) in [5.41, 5.74) is 2.77. The Kier molecular flexibility index (Phi) is 7.79. The van der Waals surface area contributed by atoms with Gasteiger partial charge in [0.05, 0.1) is 4.90 Å². The molecule has 4 rings (SSSR count). The lowest BCUT2D eigenvalue weighted by molar-refractivity contribution is -0.274. The van der Waals surface area contributed by atoms with Gasteiger partial charge in [-0.05, 0) is 65.7 Å². The summed E-state index contributed by atoms with van der Waals surface area (Å²) in [5.74, 6) is 0.186. The van der Waals surface area contributed by atoms with Crippen LogP contribution in [0.2, 0.25) is 0 Å². The van der Waals surface area contributed by atoms with E-state index in [0.29, 0.717) is 33.6 Å². The summed E-state index contributed by atoms with van der Waals surface area (Å²) in [6.45, 7) is 1.62. The molecule has 0 aliphatic rings.